The van der Waals surface area contributed by atoms with Gasteiger partial charge in [0, 0.05) is 22.7 Å². The summed E-state index contributed by atoms with van der Waals surface area (Å²) < 4.78 is 0. The molecule has 0 aliphatic heterocycles. The molecule has 0 radical (unpaired) electrons. The highest BCUT2D eigenvalue weighted by molar-refractivity contribution is 6.08. The molecule has 0 fully saturated rings. The fourth-order valence-electron chi connectivity index (χ4n) is 2.06. The molecule has 96 valence electrons. The summed E-state index contributed by atoms with van der Waals surface area (Å²) >= 11 is 0. The second-order valence-electron chi connectivity index (χ2n) is 4.87. The minimum atomic E-state index is 0.143. The van der Waals surface area contributed by atoms with Crippen molar-refractivity contribution in [1.82, 2.24) is 10.3 Å². The van der Waals surface area contributed by atoms with E-state index < -0.39 is 0 Å². The number of fused-ring (bicyclic) bond motifs is 1. The zero-order valence-electron chi connectivity index (χ0n) is 11.2. The number of H-pyrrole nitrogens is 1. The topological polar surface area (TPSA) is 44.9 Å². The van der Waals surface area contributed by atoms with Gasteiger partial charge in [-0.15, -0.1) is 0 Å². The molecule has 3 nitrogen and oxygen atoms in total. The molecule has 0 spiro atoms. The number of aromatic amines is 1. The molecular weight excluding hydrogens is 224 g/mol. The Hall–Kier alpha value is -1.61. The van der Waals surface area contributed by atoms with Gasteiger partial charge < -0.3 is 10.3 Å². The fraction of sp³-hybridized carbons (Fsp3) is 0.400. The van der Waals surface area contributed by atoms with Gasteiger partial charge in [-0.25, -0.2) is 0 Å². The van der Waals surface area contributed by atoms with Gasteiger partial charge in [0.1, 0.15) is 0 Å². The van der Waals surface area contributed by atoms with Crippen LogP contribution in [0, 0.1) is 0 Å². The summed E-state index contributed by atoms with van der Waals surface area (Å²) in [5.41, 5.74) is 3.08. The van der Waals surface area contributed by atoms with Gasteiger partial charge in [0.2, 0.25) is 0 Å². The number of hydrogen-bond donors (Lipinski definition) is 2. The molecule has 1 aromatic heterocycles. The number of ketones is 1. The average Bonchev–Trinajstić information content (AvgIpc) is 2.78. The zero-order valence-corrected chi connectivity index (χ0v) is 11.2. The van der Waals surface area contributed by atoms with Gasteiger partial charge >= 0.3 is 0 Å². The van der Waals surface area contributed by atoms with E-state index in [0.717, 1.165) is 23.0 Å². The number of carbonyl (C=O) groups is 1. The lowest BCUT2D eigenvalue weighted by Gasteiger charge is -2.06. The predicted octanol–water partition coefficient (Wildman–Crippen LogP) is 3.08. The van der Waals surface area contributed by atoms with Gasteiger partial charge in [0.25, 0.3) is 0 Å². The molecule has 0 saturated heterocycles. The molecule has 0 saturated carbocycles. The van der Waals surface area contributed by atoms with Crippen LogP contribution in [-0.2, 0) is 0 Å². The summed E-state index contributed by atoms with van der Waals surface area (Å²) in [7, 11) is 0. The lowest BCUT2D eigenvalue weighted by molar-refractivity contribution is 0.0993. The van der Waals surface area contributed by atoms with Crippen LogP contribution in [0.15, 0.2) is 24.4 Å². The first-order chi connectivity index (χ1) is 8.63. The predicted molar refractivity (Wildman–Crippen MR) is 75.3 cm³/mol. The van der Waals surface area contributed by atoms with Crippen LogP contribution < -0.4 is 5.32 Å². The quantitative estimate of drug-likeness (QED) is 0.794. The number of Topliss-reactive ketones (excluding diaryl/α,β-unsaturated/α-hetero) is 1. The smallest absolute Gasteiger partial charge is 0.178 e. The highest BCUT2D eigenvalue weighted by Gasteiger charge is 2.12. The molecule has 1 aromatic carbocycles. The van der Waals surface area contributed by atoms with E-state index in [9.17, 15) is 4.79 Å². The van der Waals surface area contributed by atoms with E-state index in [-0.39, 0.29) is 5.78 Å². The Morgan fingerprint density at radius 3 is 2.83 bits per heavy atom. The van der Waals surface area contributed by atoms with Gasteiger partial charge in [0.15, 0.2) is 5.78 Å². The van der Waals surface area contributed by atoms with Gasteiger partial charge in [-0.05, 0) is 30.2 Å². The van der Waals surface area contributed by atoms with Crippen LogP contribution in [0.5, 0.6) is 0 Å². The second-order valence-corrected chi connectivity index (χ2v) is 4.87. The van der Waals surface area contributed by atoms with Gasteiger partial charge in [0.05, 0.1) is 6.54 Å². The van der Waals surface area contributed by atoms with Gasteiger partial charge in [-0.3, -0.25) is 4.79 Å². The van der Waals surface area contributed by atoms with Crippen LogP contribution in [-0.4, -0.2) is 23.9 Å². The summed E-state index contributed by atoms with van der Waals surface area (Å²) in [6.45, 7) is 7.53. The van der Waals surface area contributed by atoms with Crippen molar-refractivity contribution in [2.24, 2.45) is 0 Å². The summed E-state index contributed by atoms with van der Waals surface area (Å²) in [5, 5.41) is 4.11. The molecule has 18 heavy (non-hydrogen) atoms. The minimum Gasteiger partial charge on any atom is -0.360 e. The third-order valence-electron chi connectivity index (χ3n) is 3.21. The van der Waals surface area contributed by atoms with E-state index in [1.54, 1.807) is 0 Å². The summed E-state index contributed by atoms with van der Waals surface area (Å²) in [4.78, 5) is 15.2. The number of carbonyl (C=O) groups excluding carboxylic acids is 1. The molecule has 0 amide bonds. The van der Waals surface area contributed by atoms with Gasteiger partial charge in [-0.1, -0.05) is 26.8 Å². The Morgan fingerprint density at radius 1 is 1.39 bits per heavy atom. The Kier molecular flexibility index (Phi) is 3.82. The first-order valence-corrected chi connectivity index (χ1v) is 6.48. The highest BCUT2D eigenvalue weighted by atomic mass is 16.1. The van der Waals surface area contributed by atoms with E-state index in [4.69, 9.17) is 0 Å². The number of rotatable bonds is 5. The van der Waals surface area contributed by atoms with Crippen molar-refractivity contribution in [2.45, 2.75) is 26.7 Å². The third-order valence-corrected chi connectivity index (χ3v) is 3.21. The van der Waals surface area contributed by atoms with Crippen LogP contribution in [0.4, 0.5) is 0 Å². The maximum absolute atomic E-state index is 12.1. The Balaban J connectivity index is 2.39. The van der Waals surface area contributed by atoms with Crippen molar-refractivity contribution >= 4 is 16.7 Å². The van der Waals surface area contributed by atoms with Crippen LogP contribution in [0.2, 0.25) is 0 Å². The lowest BCUT2D eigenvalue weighted by atomic mass is 9.99. The molecule has 0 unspecified atom stereocenters. The maximum atomic E-state index is 12.1. The van der Waals surface area contributed by atoms with Crippen LogP contribution >= 0.6 is 0 Å². The van der Waals surface area contributed by atoms with E-state index in [1.165, 1.54) is 5.56 Å². The van der Waals surface area contributed by atoms with E-state index in [0.29, 0.717) is 12.5 Å². The van der Waals surface area contributed by atoms with E-state index in [1.807, 2.05) is 13.1 Å². The van der Waals surface area contributed by atoms with Crippen molar-refractivity contribution < 1.29 is 4.79 Å². The molecule has 0 bridgehead atoms. The second kappa shape index (κ2) is 5.36. The molecule has 0 atom stereocenters. The molecule has 2 aromatic rings. The molecule has 2 N–H and O–H groups in total. The summed E-state index contributed by atoms with van der Waals surface area (Å²) in [6, 6.07) is 6.28. The molecule has 0 aliphatic carbocycles. The number of benzene rings is 1. The number of hydrogen-bond acceptors (Lipinski definition) is 2. The molecular formula is C15H20N2O. The van der Waals surface area contributed by atoms with Crippen LogP contribution in [0.25, 0.3) is 10.9 Å². The SMILES string of the molecule is CCNCC(=O)c1c[nH]c2ccc(C(C)C)cc12. The first-order valence-electron chi connectivity index (χ1n) is 6.48. The largest absolute Gasteiger partial charge is 0.360 e. The third kappa shape index (κ3) is 2.46. The Morgan fingerprint density at radius 2 is 2.17 bits per heavy atom. The Bertz CT molecular complexity index is 555. The van der Waals surface area contributed by atoms with Crippen molar-refractivity contribution in [3.8, 4) is 0 Å². The number of likely N-dealkylation sites (N-methyl/N-ethyl adjacent to an activating group) is 1. The lowest BCUT2D eigenvalue weighted by Crippen LogP contribution is -2.22. The van der Waals surface area contributed by atoms with Crippen molar-refractivity contribution in [3.05, 3.63) is 35.5 Å². The standard InChI is InChI=1S/C15H20N2O/c1-4-16-9-15(18)13-8-17-14-6-5-11(10(2)3)7-12(13)14/h5-8,10,16-17H,4,9H2,1-3H3. The first kappa shape index (κ1) is 12.8. The fourth-order valence-corrected chi connectivity index (χ4v) is 2.06. The maximum Gasteiger partial charge on any atom is 0.178 e. The van der Waals surface area contributed by atoms with Crippen molar-refractivity contribution in [2.75, 3.05) is 13.1 Å². The molecule has 0 aliphatic rings. The van der Waals surface area contributed by atoms with Crippen LogP contribution in [0.3, 0.4) is 0 Å². The molecule has 3 heteroatoms. The van der Waals surface area contributed by atoms with Gasteiger partial charge in [-0.2, -0.15) is 0 Å². The van der Waals surface area contributed by atoms with Crippen LogP contribution in [0.1, 0.15) is 42.6 Å². The normalized spacial score (nSPS) is 11.3. The Labute approximate surface area is 108 Å². The molecule has 2 rings (SSSR count). The number of aromatic nitrogens is 1. The van der Waals surface area contributed by atoms with E-state index in [2.05, 4.69) is 42.3 Å². The number of nitrogens with one attached hydrogen (secondary N) is 2. The monoisotopic (exact) mass is 244 g/mol. The summed E-state index contributed by atoms with van der Waals surface area (Å²) in [6.07, 6.45) is 1.81. The van der Waals surface area contributed by atoms with E-state index >= 15 is 0 Å². The summed E-state index contributed by atoms with van der Waals surface area (Å²) in [5.74, 6) is 0.616. The highest BCUT2D eigenvalue weighted by Crippen LogP contribution is 2.24. The van der Waals surface area contributed by atoms with Crippen molar-refractivity contribution in [1.29, 1.82) is 0 Å². The van der Waals surface area contributed by atoms with Crippen molar-refractivity contribution in [3.63, 3.8) is 0 Å². The zero-order chi connectivity index (χ0) is 13.1. The molecule has 1 heterocycles. The minimum absolute atomic E-state index is 0.143. The average molecular weight is 244 g/mol.